The van der Waals surface area contributed by atoms with Crippen molar-refractivity contribution in [2.24, 2.45) is 0 Å². The third kappa shape index (κ3) is 1.43. The van der Waals surface area contributed by atoms with Crippen molar-refractivity contribution >= 4 is 0 Å². The summed E-state index contributed by atoms with van der Waals surface area (Å²) >= 11 is 0. The highest BCUT2D eigenvalue weighted by atomic mass is 19.3. The Labute approximate surface area is 56.9 Å². The second-order valence-electron chi connectivity index (χ2n) is 1.87. The number of rotatable bonds is 1. The van der Waals surface area contributed by atoms with Gasteiger partial charge in [-0.2, -0.15) is 0 Å². The van der Waals surface area contributed by atoms with E-state index in [2.05, 4.69) is 0 Å². The smallest absolute Gasteiger partial charge is 0.263 e. The maximum absolute atomic E-state index is 11.8. The summed E-state index contributed by atoms with van der Waals surface area (Å²) in [6.45, 7) is 0. The van der Waals surface area contributed by atoms with Gasteiger partial charge >= 0.3 is 0 Å². The van der Waals surface area contributed by atoms with E-state index in [4.69, 9.17) is 0 Å². The Balaban J connectivity index is 2.89. The number of benzene rings is 1. The Morgan fingerprint density at radius 3 is 2.00 bits per heavy atom. The van der Waals surface area contributed by atoms with Gasteiger partial charge in [0.1, 0.15) is 0 Å². The monoisotopic (exact) mass is 143 g/mol. The standard InChI is InChI=1S/C7H5F2O/c8-7(9)5-1-3-6(10)4-2-5/h1-4,7H. The minimum atomic E-state index is -2.49. The summed E-state index contributed by atoms with van der Waals surface area (Å²) in [4.78, 5) is 0. The van der Waals surface area contributed by atoms with Crippen molar-refractivity contribution in [3.63, 3.8) is 0 Å². The molecule has 53 valence electrons. The number of hydrogen-bond acceptors (Lipinski definition) is 0. The Kier molecular flexibility index (Phi) is 1.85. The molecule has 0 saturated heterocycles. The van der Waals surface area contributed by atoms with Crippen LogP contribution in [0.1, 0.15) is 12.0 Å². The molecule has 0 saturated carbocycles. The van der Waals surface area contributed by atoms with E-state index in [0.29, 0.717) is 0 Å². The molecule has 3 heteroatoms. The first-order valence-corrected chi connectivity index (χ1v) is 2.75. The molecule has 1 aromatic carbocycles. The molecule has 10 heavy (non-hydrogen) atoms. The van der Waals surface area contributed by atoms with E-state index in [0.717, 1.165) is 24.3 Å². The fourth-order valence-corrected chi connectivity index (χ4v) is 0.613. The first-order valence-electron chi connectivity index (χ1n) is 2.75. The molecular formula is C7H5F2O. The van der Waals surface area contributed by atoms with Crippen molar-refractivity contribution in [3.8, 4) is 5.75 Å². The van der Waals surface area contributed by atoms with Crippen molar-refractivity contribution < 1.29 is 13.9 Å². The molecule has 0 aliphatic carbocycles. The summed E-state index contributed by atoms with van der Waals surface area (Å²) in [5.74, 6) is -0.246. The van der Waals surface area contributed by atoms with E-state index in [1.807, 2.05) is 0 Å². The van der Waals surface area contributed by atoms with Crippen LogP contribution in [0.15, 0.2) is 24.3 Å². The zero-order valence-electron chi connectivity index (χ0n) is 5.05. The number of alkyl halides is 2. The Bertz CT molecular complexity index is 205. The predicted molar refractivity (Wildman–Crippen MR) is 31.5 cm³/mol. The van der Waals surface area contributed by atoms with Crippen LogP contribution in [0.5, 0.6) is 5.75 Å². The average Bonchev–Trinajstić information content (AvgIpc) is 1.88. The van der Waals surface area contributed by atoms with Crippen molar-refractivity contribution in [1.29, 1.82) is 0 Å². The molecule has 0 aliphatic rings. The SMILES string of the molecule is [O]c1ccc(C(F)F)cc1. The topological polar surface area (TPSA) is 19.9 Å². The molecule has 0 aromatic heterocycles. The van der Waals surface area contributed by atoms with Crippen molar-refractivity contribution in [1.82, 2.24) is 0 Å². The summed E-state index contributed by atoms with van der Waals surface area (Å²) in [5, 5.41) is 10.4. The zero-order chi connectivity index (χ0) is 7.56. The molecule has 1 aromatic rings. The lowest BCUT2D eigenvalue weighted by atomic mass is 10.2. The van der Waals surface area contributed by atoms with Gasteiger partial charge in [0.15, 0.2) is 5.75 Å². The molecule has 1 radical (unpaired) electrons. The van der Waals surface area contributed by atoms with Crippen LogP contribution in [0.25, 0.3) is 0 Å². The highest BCUT2D eigenvalue weighted by Crippen LogP contribution is 2.20. The molecule has 0 unspecified atom stereocenters. The minimum Gasteiger partial charge on any atom is -0.290 e. The lowest BCUT2D eigenvalue weighted by molar-refractivity contribution is 0.151. The summed E-state index contributed by atoms with van der Waals surface area (Å²) in [6, 6.07) is 4.52. The van der Waals surface area contributed by atoms with E-state index in [1.165, 1.54) is 0 Å². The first kappa shape index (κ1) is 6.99. The summed E-state index contributed by atoms with van der Waals surface area (Å²) in [7, 11) is 0. The van der Waals surface area contributed by atoms with Gasteiger partial charge in [-0.05, 0) is 24.3 Å². The summed E-state index contributed by atoms with van der Waals surface area (Å²) < 4.78 is 23.6. The van der Waals surface area contributed by atoms with E-state index in [-0.39, 0.29) is 11.3 Å². The van der Waals surface area contributed by atoms with Crippen LogP contribution < -0.4 is 0 Å². The molecule has 1 rings (SSSR count). The Morgan fingerprint density at radius 1 is 1.10 bits per heavy atom. The molecule has 0 amide bonds. The van der Waals surface area contributed by atoms with Crippen LogP contribution in [0.2, 0.25) is 0 Å². The molecule has 0 heterocycles. The number of hydrogen-bond donors (Lipinski definition) is 0. The highest BCUT2D eigenvalue weighted by Gasteiger charge is 2.04. The third-order valence-corrected chi connectivity index (χ3v) is 1.13. The lowest BCUT2D eigenvalue weighted by Gasteiger charge is -1.95. The van der Waals surface area contributed by atoms with Crippen LogP contribution in [-0.4, -0.2) is 0 Å². The molecule has 0 fully saturated rings. The quantitative estimate of drug-likeness (QED) is 0.576. The van der Waals surface area contributed by atoms with Gasteiger partial charge in [-0.1, -0.05) is 0 Å². The van der Waals surface area contributed by atoms with Crippen LogP contribution >= 0.6 is 0 Å². The Hall–Kier alpha value is -1.12. The molecule has 0 spiro atoms. The van der Waals surface area contributed by atoms with E-state index < -0.39 is 6.43 Å². The van der Waals surface area contributed by atoms with E-state index in [1.54, 1.807) is 0 Å². The second-order valence-corrected chi connectivity index (χ2v) is 1.87. The van der Waals surface area contributed by atoms with Crippen molar-refractivity contribution in [2.75, 3.05) is 0 Å². The van der Waals surface area contributed by atoms with E-state index in [9.17, 15) is 13.9 Å². The van der Waals surface area contributed by atoms with Gasteiger partial charge in [0.25, 0.3) is 6.43 Å². The fourth-order valence-electron chi connectivity index (χ4n) is 0.613. The largest absolute Gasteiger partial charge is 0.290 e. The van der Waals surface area contributed by atoms with Gasteiger partial charge in [-0.3, -0.25) is 5.11 Å². The van der Waals surface area contributed by atoms with Gasteiger partial charge in [0.05, 0.1) is 0 Å². The molecule has 0 atom stereocenters. The molecule has 1 nitrogen and oxygen atoms in total. The van der Waals surface area contributed by atoms with Gasteiger partial charge in [-0.15, -0.1) is 0 Å². The normalized spacial score (nSPS) is 10.3. The fraction of sp³-hybridized carbons (Fsp3) is 0.143. The maximum Gasteiger partial charge on any atom is 0.263 e. The first-order chi connectivity index (χ1) is 4.70. The maximum atomic E-state index is 11.8. The second kappa shape index (κ2) is 2.64. The molecule has 0 aliphatic heterocycles. The predicted octanol–water partition coefficient (Wildman–Crippen LogP) is 2.77. The van der Waals surface area contributed by atoms with Crippen molar-refractivity contribution in [3.05, 3.63) is 29.8 Å². The third-order valence-electron chi connectivity index (χ3n) is 1.13. The number of halogens is 2. The van der Waals surface area contributed by atoms with Gasteiger partial charge < -0.3 is 0 Å². The molecular weight excluding hydrogens is 138 g/mol. The lowest BCUT2D eigenvalue weighted by Crippen LogP contribution is -1.80. The Morgan fingerprint density at radius 2 is 1.60 bits per heavy atom. The van der Waals surface area contributed by atoms with Gasteiger partial charge in [0.2, 0.25) is 0 Å². The molecule has 0 bridgehead atoms. The van der Waals surface area contributed by atoms with Gasteiger partial charge in [0, 0.05) is 5.56 Å². The van der Waals surface area contributed by atoms with Crippen molar-refractivity contribution in [2.45, 2.75) is 6.43 Å². The zero-order valence-corrected chi connectivity index (χ0v) is 5.05. The van der Waals surface area contributed by atoms with Gasteiger partial charge in [-0.25, -0.2) is 8.78 Å². The van der Waals surface area contributed by atoms with Crippen LogP contribution in [0.4, 0.5) is 8.78 Å². The van der Waals surface area contributed by atoms with Crippen LogP contribution in [-0.2, 0) is 5.11 Å². The minimum absolute atomic E-state index is 0.111. The average molecular weight is 143 g/mol. The van der Waals surface area contributed by atoms with Crippen LogP contribution in [0, 0.1) is 0 Å². The van der Waals surface area contributed by atoms with E-state index >= 15 is 0 Å². The highest BCUT2D eigenvalue weighted by molar-refractivity contribution is 5.26. The summed E-state index contributed by atoms with van der Waals surface area (Å²) in [6.07, 6.45) is -2.49. The summed E-state index contributed by atoms with van der Waals surface area (Å²) in [5.41, 5.74) is -0.111. The van der Waals surface area contributed by atoms with Crippen LogP contribution in [0.3, 0.4) is 0 Å². The molecule has 0 N–H and O–H groups in total.